The number of benzene rings is 1. The molecule has 6 heteroatoms. The van der Waals surface area contributed by atoms with Gasteiger partial charge in [-0.25, -0.2) is 9.78 Å². The van der Waals surface area contributed by atoms with E-state index in [9.17, 15) is 4.79 Å². The molecular formula is C20H27N3O3. The third-order valence-electron chi connectivity index (χ3n) is 4.26. The van der Waals surface area contributed by atoms with E-state index >= 15 is 0 Å². The predicted octanol–water partition coefficient (Wildman–Crippen LogP) is 3.69. The van der Waals surface area contributed by atoms with Crippen LogP contribution >= 0.6 is 0 Å². The Labute approximate surface area is 154 Å². The number of piperazine rings is 1. The molecule has 1 amide bonds. The quantitative estimate of drug-likeness (QED) is 0.838. The predicted molar refractivity (Wildman–Crippen MR) is 103 cm³/mol. The molecule has 0 radical (unpaired) electrons. The number of carbonyl (C=O) groups excluding carboxylic acids is 1. The molecule has 26 heavy (non-hydrogen) atoms. The van der Waals surface area contributed by atoms with E-state index in [1.165, 1.54) is 0 Å². The molecule has 0 aliphatic carbocycles. The van der Waals surface area contributed by atoms with Gasteiger partial charge in [-0.15, -0.1) is 0 Å². The normalized spacial score (nSPS) is 15.2. The first-order valence-electron chi connectivity index (χ1n) is 9.12. The van der Waals surface area contributed by atoms with Crippen LogP contribution in [0.3, 0.4) is 0 Å². The first kappa shape index (κ1) is 18.3. The summed E-state index contributed by atoms with van der Waals surface area (Å²) < 4.78 is 11.1. The Hall–Kier alpha value is -2.50. The van der Waals surface area contributed by atoms with Crippen molar-refractivity contribution in [3.63, 3.8) is 0 Å². The molecule has 0 unspecified atom stereocenters. The minimum absolute atomic E-state index is 0.248. The highest BCUT2D eigenvalue weighted by Crippen LogP contribution is 2.29. The smallest absolute Gasteiger partial charge is 0.410 e. The van der Waals surface area contributed by atoms with Gasteiger partial charge in [0.2, 0.25) is 0 Å². The number of fused-ring (bicyclic) bond motifs is 1. The van der Waals surface area contributed by atoms with E-state index in [1.807, 2.05) is 52.1 Å². The van der Waals surface area contributed by atoms with Crippen LogP contribution < -0.4 is 9.64 Å². The Morgan fingerprint density at radius 1 is 1.15 bits per heavy atom. The maximum Gasteiger partial charge on any atom is 0.410 e. The number of carbonyl (C=O) groups is 1. The van der Waals surface area contributed by atoms with Gasteiger partial charge >= 0.3 is 6.09 Å². The topological polar surface area (TPSA) is 54.9 Å². The first-order chi connectivity index (χ1) is 12.4. The number of hydrogen-bond donors (Lipinski definition) is 0. The van der Waals surface area contributed by atoms with Gasteiger partial charge in [-0.3, -0.25) is 0 Å². The second-order valence-electron chi connectivity index (χ2n) is 7.40. The molecule has 1 aromatic heterocycles. The van der Waals surface area contributed by atoms with Gasteiger partial charge in [0, 0.05) is 37.8 Å². The Bertz CT molecular complexity index is 777. The van der Waals surface area contributed by atoms with Crippen LogP contribution in [0, 0.1) is 0 Å². The molecule has 1 saturated heterocycles. The molecule has 1 fully saturated rings. The molecule has 0 atom stereocenters. The number of amides is 1. The van der Waals surface area contributed by atoms with Crippen molar-refractivity contribution in [2.45, 2.75) is 33.3 Å². The Morgan fingerprint density at radius 3 is 2.54 bits per heavy atom. The van der Waals surface area contributed by atoms with E-state index in [0.29, 0.717) is 19.7 Å². The zero-order chi connectivity index (χ0) is 18.7. The van der Waals surface area contributed by atoms with Crippen molar-refractivity contribution in [3.05, 3.63) is 30.5 Å². The molecule has 2 heterocycles. The highest BCUT2D eigenvalue weighted by molar-refractivity contribution is 5.93. The van der Waals surface area contributed by atoms with Crippen LogP contribution in [0.25, 0.3) is 10.8 Å². The summed E-state index contributed by atoms with van der Waals surface area (Å²) in [6.07, 6.45) is 1.58. The zero-order valence-corrected chi connectivity index (χ0v) is 16.0. The fourth-order valence-electron chi connectivity index (χ4n) is 3.07. The van der Waals surface area contributed by atoms with Crippen molar-refractivity contribution in [1.29, 1.82) is 0 Å². The number of nitrogens with zero attached hydrogens (tertiary/aromatic N) is 3. The Kier molecular flexibility index (Phi) is 5.20. The van der Waals surface area contributed by atoms with E-state index in [1.54, 1.807) is 4.90 Å². The van der Waals surface area contributed by atoms with Crippen molar-refractivity contribution in [2.75, 3.05) is 37.7 Å². The van der Waals surface area contributed by atoms with Gasteiger partial charge in [0.15, 0.2) is 0 Å². The van der Waals surface area contributed by atoms with Gasteiger partial charge in [-0.2, -0.15) is 0 Å². The van der Waals surface area contributed by atoms with Gasteiger partial charge in [0.05, 0.1) is 6.61 Å². The number of hydrogen-bond acceptors (Lipinski definition) is 5. The van der Waals surface area contributed by atoms with Gasteiger partial charge in [-0.1, -0.05) is 6.07 Å². The first-order valence-corrected chi connectivity index (χ1v) is 9.12. The SMILES string of the molecule is CCOc1ccc2ccnc(N3CCN(C(=O)OC(C)(C)C)CC3)c2c1. The van der Waals surface area contributed by atoms with Crippen molar-refractivity contribution in [1.82, 2.24) is 9.88 Å². The van der Waals surface area contributed by atoms with Crippen LogP contribution in [0.1, 0.15) is 27.7 Å². The molecule has 1 aromatic carbocycles. The standard InChI is InChI=1S/C20H27N3O3/c1-5-25-16-7-6-15-8-9-21-18(17(15)14-16)22-10-12-23(13-11-22)19(24)26-20(2,3)4/h6-9,14H,5,10-13H2,1-4H3. The lowest BCUT2D eigenvalue weighted by molar-refractivity contribution is 0.0240. The summed E-state index contributed by atoms with van der Waals surface area (Å²) in [6, 6.07) is 8.09. The molecule has 0 saturated carbocycles. The minimum atomic E-state index is -0.471. The van der Waals surface area contributed by atoms with Gasteiger partial charge in [-0.05, 0) is 51.3 Å². The lowest BCUT2D eigenvalue weighted by atomic mass is 10.1. The number of aromatic nitrogens is 1. The van der Waals surface area contributed by atoms with Gasteiger partial charge in [0.1, 0.15) is 17.2 Å². The summed E-state index contributed by atoms with van der Waals surface area (Å²) in [4.78, 5) is 20.8. The van der Waals surface area contributed by atoms with Crippen LogP contribution in [0.2, 0.25) is 0 Å². The Morgan fingerprint density at radius 2 is 1.88 bits per heavy atom. The average molecular weight is 357 g/mol. The van der Waals surface area contributed by atoms with Crippen LogP contribution in [0.15, 0.2) is 30.5 Å². The van der Waals surface area contributed by atoms with E-state index < -0.39 is 5.60 Å². The van der Waals surface area contributed by atoms with E-state index in [2.05, 4.69) is 16.0 Å². The zero-order valence-electron chi connectivity index (χ0n) is 16.0. The Balaban J connectivity index is 1.75. The summed E-state index contributed by atoms with van der Waals surface area (Å²) in [6.45, 7) is 11.0. The fourth-order valence-corrected chi connectivity index (χ4v) is 3.07. The largest absolute Gasteiger partial charge is 0.494 e. The van der Waals surface area contributed by atoms with Crippen LogP contribution in [0.5, 0.6) is 5.75 Å². The number of rotatable bonds is 3. The maximum atomic E-state index is 12.2. The number of pyridine rings is 1. The maximum absolute atomic E-state index is 12.2. The molecule has 0 bridgehead atoms. The molecular weight excluding hydrogens is 330 g/mol. The number of anilines is 1. The molecule has 140 valence electrons. The fraction of sp³-hybridized carbons (Fsp3) is 0.500. The van der Waals surface area contributed by atoms with E-state index in [4.69, 9.17) is 9.47 Å². The summed E-state index contributed by atoms with van der Waals surface area (Å²) in [5.74, 6) is 1.79. The third kappa shape index (κ3) is 4.18. The van der Waals surface area contributed by atoms with Crippen molar-refractivity contribution in [3.8, 4) is 5.75 Å². The molecule has 1 aliphatic rings. The summed E-state index contributed by atoms with van der Waals surface area (Å²) in [5.41, 5.74) is -0.471. The van der Waals surface area contributed by atoms with Crippen molar-refractivity contribution in [2.24, 2.45) is 0 Å². The highest BCUT2D eigenvalue weighted by atomic mass is 16.6. The summed E-state index contributed by atoms with van der Waals surface area (Å²) in [5, 5.41) is 2.21. The van der Waals surface area contributed by atoms with Crippen molar-refractivity contribution >= 4 is 22.7 Å². The van der Waals surface area contributed by atoms with Crippen LogP contribution in [-0.4, -0.2) is 54.4 Å². The molecule has 0 spiro atoms. The van der Waals surface area contributed by atoms with Gasteiger partial charge in [0.25, 0.3) is 0 Å². The second kappa shape index (κ2) is 7.40. The molecule has 6 nitrogen and oxygen atoms in total. The number of ether oxygens (including phenoxy) is 2. The molecule has 1 aliphatic heterocycles. The lowest BCUT2D eigenvalue weighted by Gasteiger charge is -2.36. The van der Waals surface area contributed by atoms with E-state index in [0.717, 1.165) is 35.4 Å². The second-order valence-corrected chi connectivity index (χ2v) is 7.40. The van der Waals surface area contributed by atoms with Crippen molar-refractivity contribution < 1.29 is 14.3 Å². The van der Waals surface area contributed by atoms with Gasteiger partial charge < -0.3 is 19.3 Å². The lowest BCUT2D eigenvalue weighted by Crippen LogP contribution is -2.50. The third-order valence-corrected chi connectivity index (χ3v) is 4.26. The highest BCUT2D eigenvalue weighted by Gasteiger charge is 2.26. The minimum Gasteiger partial charge on any atom is -0.494 e. The molecule has 2 aromatic rings. The summed E-state index contributed by atoms with van der Waals surface area (Å²) in [7, 11) is 0. The average Bonchev–Trinajstić information content (AvgIpc) is 2.60. The monoisotopic (exact) mass is 357 g/mol. The molecule has 0 N–H and O–H groups in total. The van der Waals surface area contributed by atoms with Crippen LogP contribution in [0.4, 0.5) is 10.6 Å². The summed E-state index contributed by atoms with van der Waals surface area (Å²) >= 11 is 0. The van der Waals surface area contributed by atoms with E-state index in [-0.39, 0.29) is 6.09 Å². The van der Waals surface area contributed by atoms with Crippen LogP contribution in [-0.2, 0) is 4.74 Å². The molecule has 3 rings (SSSR count).